The van der Waals surface area contributed by atoms with Gasteiger partial charge in [0.25, 0.3) is 0 Å². The Labute approximate surface area is 143 Å². The van der Waals surface area contributed by atoms with Gasteiger partial charge in [-0.2, -0.15) is 0 Å². The van der Waals surface area contributed by atoms with Crippen LogP contribution in [0.15, 0.2) is 12.1 Å². The number of nitrogens with zero attached hydrogens (tertiary/aromatic N) is 2. The van der Waals surface area contributed by atoms with Gasteiger partial charge in [-0.1, -0.05) is 5.79 Å². The lowest BCUT2D eigenvalue weighted by atomic mass is 10.3. The Balaban J connectivity index is 2.45. The Morgan fingerprint density at radius 2 is 0.885 bits per heavy atom. The van der Waals surface area contributed by atoms with Gasteiger partial charge in [0.05, 0.1) is 11.4 Å². The lowest BCUT2D eigenvalue weighted by molar-refractivity contribution is 0.397. The van der Waals surface area contributed by atoms with E-state index in [1.54, 1.807) is 0 Å². The molecule has 2 nitrogen and oxygen atoms in total. The molecule has 0 saturated carbocycles. The van der Waals surface area contributed by atoms with E-state index in [9.17, 15) is 44.1 Å². The van der Waals surface area contributed by atoms with Crippen molar-refractivity contribution in [3.8, 4) is 0 Å². The average Bonchev–Trinajstić information content (AvgIpc) is 2.62. The molecule has 0 aliphatic rings. The predicted octanol–water partition coefficient (Wildman–Crippen LogP) is 5.00. The van der Waals surface area contributed by atoms with Crippen LogP contribution in [0.1, 0.15) is 0 Å². The first-order valence-electron chi connectivity index (χ1n) is 6.55. The van der Waals surface area contributed by atoms with Crippen molar-refractivity contribution in [2.24, 2.45) is 0 Å². The lowest BCUT2D eigenvalue weighted by Crippen LogP contribution is -2.44. The molecule has 13 heteroatoms. The third-order valence-electron chi connectivity index (χ3n) is 3.28. The van der Waals surface area contributed by atoms with Crippen LogP contribution in [0.2, 0.25) is 5.79 Å². The molecule has 26 heavy (non-hydrogen) atoms. The van der Waals surface area contributed by atoms with Gasteiger partial charge in [-0.3, -0.25) is 8.21 Å². The summed E-state index contributed by atoms with van der Waals surface area (Å²) < 4.78 is 132. The summed E-state index contributed by atoms with van der Waals surface area (Å²) in [6.07, 6.45) is 0. The molecule has 2 aromatic rings. The minimum atomic E-state index is -4.07. The van der Waals surface area contributed by atoms with E-state index in [0.717, 1.165) is 0 Å². The van der Waals surface area contributed by atoms with Gasteiger partial charge in [0.1, 0.15) is 0 Å². The molecule has 0 amide bonds. The Morgan fingerprint density at radius 3 is 1.19 bits per heavy atom. The zero-order valence-corrected chi connectivity index (χ0v) is 13.6. The number of benzene rings is 2. The maximum atomic E-state index is 14.2. The molecule has 0 radical (unpaired) electrons. The molecule has 0 saturated heterocycles. The van der Waals surface area contributed by atoms with E-state index in [1.165, 1.54) is 0 Å². The van der Waals surface area contributed by atoms with E-state index in [1.807, 2.05) is 0 Å². The number of rotatable bonds is 4. The second-order valence-electron chi connectivity index (χ2n) is 4.89. The van der Waals surface area contributed by atoms with Gasteiger partial charge in [0.2, 0.25) is 0 Å². The van der Waals surface area contributed by atoms with Gasteiger partial charge in [0.15, 0.2) is 46.5 Å². The zero-order chi connectivity index (χ0) is 19.9. The highest BCUT2D eigenvalue weighted by molar-refractivity contribution is 6.64. The Hall–Kier alpha value is -2.13. The first-order chi connectivity index (χ1) is 12.0. The number of anilines is 2. The van der Waals surface area contributed by atoms with Gasteiger partial charge in [-0.05, 0) is 0 Å². The van der Waals surface area contributed by atoms with Gasteiger partial charge < -0.3 is 0 Å². The molecule has 2 aromatic carbocycles. The Kier molecular flexibility index (Phi) is 5.62. The van der Waals surface area contributed by atoms with Crippen LogP contribution in [0.3, 0.4) is 0 Å². The molecule has 140 valence electrons. The average molecular weight is 406 g/mol. The lowest BCUT2D eigenvalue weighted by Gasteiger charge is -2.25. The van der Waals surface area contributed by atoms with Crippen LogP contribution >= 0.6 is 0 Å². The molecule has 0 aromatic heterocycles. The summed E-state index contributed by atoms with van der Waals surface area (Å²) in [6, 6.07) is -0.263. The summed E-state index contributed by atoms with van der Waals surface area (Å²) in [7, 11) is 0. The quantitative estimate of drug-likeness (QED) is 0.232. The Morgan fingerprint density at radius 1 is 0.577 bits per heavy atom. The van der Waals surface area contributed by atoms with Gasteiger partial charge in [-0.15, -0.1) is 8.96 Å². The van der Waals surface area contributed by atoms with Crippen molar-refractivity contribution in [2.45, 2.75) is 5.79 Å². The summed E-state index contributed by atoms with van der Waals surface area (Å²) in [5.41, 5.74) is -3.13. The highest BCUT2D eigenvalue weighted by atomic mass is 27.2. The molecular formula is C13H5AlF10N2. The largest absolute Gasteiger partial charge is 0.639 e. The molecule has 0 aliphatic heterocycles. The monoisotopic (exact) mass is 406 g/mol. The van der Waals surface area contributed by atoms with E-state index >= 15 is 0 Å². The summed E-state index contributed by atoms with van der Waals surface area (Å²) in [4.78, 5) is 0. The fourth-order valence-corrected chi connectivity index (χ4v) is 3.28. The van der Waals surface area contributed by atoms with Gasteiger partial charge in [-0.25, -0.2) is 35.1 Å². The van der Waals surface area contributed by atoms with Crippen LogP contribution in [0.4, 0.5) is 55.5 Å². The smallest absolute Gasteiger partial charge is 0.276 e. The minimum absolute atomic E-state index is 0.132. The molecule has 0 aliphatic carbocycles. The molecule has 2 rings (SSSR count). The zero-order valence-electron chi connectivity index (χ0n) is 12.4. The normalized spacial score (nSPS) is 10.9. The van der Waals surface area contributed by atoms with E-state index < -0.39 is 80.7 Å². The number of halogens is 10. The van der Waals surface area contributed by atoms with Crippen LogP contribution in [0, 0.1) is 46.5 Å². The molecule has 0 N–H and O–H groups in total. The number of hydrogen-bond acceptors (Lipinski definition) is 2. The maximum absolute atomic E-state index is 14.2. The Bertz CT molecular complexity index is 792. The van der Waals surface area contributed by atoms with Crippen molar-refractivity contribution in [1.82, 2.24) is 0 Å². The molecule has 0 fully saturated rings. The van der Waals surface area contributed by atoms with Gasteiger partial charge >= 0.3 is 14.6 Å². The second-order valence-corrected chi connectivity index (χ2v) is 7.06. The highest BCUT2D eigenvalue weighted by Crippen LogP contribution is 2.31. The fraction of sp³-hybridized carbons (Fsp3) is 0.0769. The van der Waals surface area contributed by atoms with Crippen LogP contribution < -0.4 is 8.21 Å². The van der Waals surface area contributed by atoms with Crippen LogP contribution in [0.25, 0.3) is 0 Å². The molecule has 0 heterocycles. The van der Waals surface area contributed by atoms with E-state index in [4.69, 9.17) is 0 Å². The van der Waals surface area contributed by atoms with E-state index in [0.29, 0.717) is 5.79 Å². The van der Waals surface area contributed by atoms with Crippen molar-refractivity contribution in [3.63, 3.8) is 0 Å². The first kappa shape index (κ1) is 20.2. The van der Waals surface area contributed by atoms with Crippen LogP contribution in [0.5, 0.6) is 0 Å². The second kappa shape index (κ2) is 7.24. The van der Waals surface area contributed by atoms with Crippen molar-refractivity contribution in [3.05, 3.63) is 58.7 Å². The van der Waals surface area contributed by atoms with Crippen molar-refractivity contribution >= 4 is 26.0 Å². The maximum Gasteiger partial charge on any atom is 0.639 e. The summed E-state index contributed by atoms with van der Waals surface area (Å²) in [5, 5.41) is 0. The predicted molar refractivity (Wildman–Crippen MR) is 71.3 cm³/mol. The first-order valence-corrected chi connectivity index (χ1v) is 8.73. The van der Waals surface area contributed by atoms with E-state index in [2.05, 4.69) is 0 Å². The highest BCUT2D eigenvalue weighted by Gasteiger charge is 2.39. The summed E-state index contributed by atoms with van der Waals surface area (Å²) >= 11 is -4.07. The third kappa shape index (κ3) is 3.28. The number of hydrogen-bond donors (Lipinski definition) is 0. The van der Waals surface area contributed by atoms with Crippen molar-refractivity contribution in [1.29, 1.82) is 0 Å². The van der Waals surface area contributed by atoms with E-state index in [-0.39, 0.29) is 12.1 Å². The third-order valence-corrected chi connectivity index (χ3v) is 5.15. The van der Waals surface area contributed by atoms with Crippen LogP contribution in [-0.4, -0.2) is 14.6 Å². The van der Waals surface area contributed by atoms with Gasteiger partial charge in [0, 0.05) is 12.1 Å². The van der Waals surface area contributed by atoms with Crippen LogP contribution in [-0.2, 0) is 0 Å². The van der Waals surface area contributed by atoms with Crippen molar-refractivity contribution in [2.75, 3.05) is 8.21 Å². The molecule has 0 atom stereocenters. The van der Waals surface area contributed by atoms with Crippen molar-refractivity contribution < 1.29 is 44.1 Å². The summed E-state index contributed by atoms with van der Waals surface area (Å²) in [6.45, 7) is 0. The molecular weight excluding hydrogens is 401 g/mol. The fourth-order valence-electron chi connectivity index (χ4n) is 1.92. The SMILES string of the molecule is [CH3][Al]([N](F)c1cc(F)c(F)c(F)c1F)[N](F)c1cc(F)c(F)c(F)c1F. The topological polar surface area (TPSA) is 6.48 Å². The molecule has 0 unspecified atom stereocenters. The summed E-state index contributed by atoms with van der Waals surface area (Å²) in [5.74, 6) is -17.0. The standard InChI is InChI=1S/2C6HF5N.CH3.Al/c2*7-2-1-3(12-11)5(9)6(10)4(2)8;;/h2*1H;1H3;/q2*-1;;+2. The molecule has 0 bridgehead atoms. The minimum Gasteiger partial charge on any atom is -0.276 e. The molecule has 0 spiro atoms.